The van der Waals surface area contributed by atoms with Crippen LogP contribution in [0.3, 0.4) is 0 Å². The number of hydrogen-bond acceptors (Lipinski definition) is 5. The molecule has 1 heterocycles. The number of carbonyl (C=O) groups is 1. The molecule has 114 valence electrons. The van der Waals surface area contributed by atoms with Crippen LogP contribution in [0.4, 0.5) is 4.79 Å². The lowest BCUT2D eigenvalue weighted by Gasteiger charge is -2.19. The Morgan fingerprint density at radius 1 is 1.24 bits per heavy atom. The second-order valence-electron chi connectivity index (χ2n) is 5.67. The Bertz CT molecular complexity index is 561. The zero-order valence-corrected chi connectivity index (χ0v) is 12.7. The van der Waals surface area contributed by atoms with E-state index in [0.29, 0.717) is 24.7 Å². The van der Waals surface area contributed by atoms with Crippen molar-refractivity contribution in [2.24, 2.45) is 5.10 Å². The lowest BCUT2D eigenvalue weighted by atomic mass is 10.1. The zero-order chi connectivity index (χ0) is 15.5. The van der Waals surface area contributed by atoms with Crippen molar-refractivity contribution in [2.45, 2.75) is 33.3 Å². The van der Waals surface area contributed by atoms with Crippen molar-refractivity contribution < 1.29 is 19.0 Å². The maximum absolute atomic E-state index is 11.5. The molecule has 0 aromatic heterocycles. The highest BCUT2D eigenvalue weighted by Gasteiger charge is 2.16. The predicted molar refractivity (Wildman–Crippen MR) is 79.0 cm³/mol. The Morgan fingerprint density at radius 2 is 1.90 bits per heavy atom. The molecule has 1 aliphatic rings. The van der Waals surface area contributed by atoms with Gasteiger partial charge in [0.25, 0.3) is 0 Å². The quantitative estimate of drug-likeness (QED) is 0.672. The van der Waals surface area contributed by atoms with Crippen LogP contribution >= 0.6 is 0 Å². The molecule has 1 N–H and O–H groups in total. The van der Waals surface area contributed by atoms with E-state index in [1.165, 1.54) is 0 Å². The Hall–Kier alpha value is -2.24. The molecule has 1 aliphatic heterocycles. The average Bonchev–Trinajstić information content (AvgIpc) is 2.42. The first kappa shape index (κ1) is 15.2. The molecular formula is C15H20N2O4. The molecule has 21 heavy (non-hydrogen) atoms. The molecule has 0 atom stereocenters. The molecule has 0 saturated carbocycles. The molecular weight excluding hydrogens is 272 g/mol. The third kappa shape index (κ3) is 4.37. The van der Waals surface area contributed by atoms with Crippen LogP contribution in [-0.4, -0.2) is 30.6 Å². The number of nitrogens with one attached hydrogen (secondary N) is 1. The molecule has 6 heteroatoms. The van der Waals surface area contributed by atoms with Gasteiger partial charge in [-0.05, 0) is 45.9 Å². The summed E-state index contributed by atoms with van der Waals surface area (Å²) in [5.74, 6) is 1.41. The molecule has 6 nitrogen and oxygen atoms in total. The molecule has 0 saturated heterocycles. The molecule has 0 spiro atoms. The SMILES string of the molecule is CC(=NNC(=O)OC(C)(C)C)c1ccc2c(c1)OCCO2. The first-order valence-electron chi connectivity index (χ1n) is 6.78. The van der Waals surface area contributed by atoms with Gasteiger partial charge < -0.3 is 14.2 Å². The molecule has 1 amide bonds. The number of benzene rings is 1. The molecule has 2 rings (SSSR count). The van der Waals surface area contributed by atoms with E-state index < -0.39 is 11.7 Å². The highest BCUT2D eigenvalue weighted by Crippen LogP contribution is 2.30. The van der Waals surface area contributed by atoms with Gasteiger partial charge in [0, 0.05) is 5.56 Å². The fraction of sp³-hybridized carbons (Fsp3) is 0.467. The largest absolute Gasteiger partial charge is 0.486 e. The van der Waals surface area contributed by atoms with Crippen molar-refractivity contribution in [2.75, 3.05) is 13.2 Å². The smallest absolute Gasteiger partial charge is 0.428 e. The summed E-state index contributed by atoms with van der Waals surface area (Å²) in [6, 6.07) is 5.53. The molecule has 0 bridgehead atoms. The highest BCUT2D eigenvalue weighted by atomic mass is 16.6. The number of hydrogen-bond donors (Lipinski definition) is 1. The molecule has 1 aromatic carbocycles. The van der Waals surface area contributed by atoms with E-state index in [4.69, 9.17) is 14.2 Å². The van der Waals surface area contributed by atoms with Gasteiger partial charge >= 0.3 is 6.09 Å². The molecule has 0 aliphatic carbocycles. The van der Waals surface area contributed by atoms with E-state index in [1.54, 1.807) is 27.7 Å². The summed E-state index contributed by atoms with van der Waals surface area (Å²) in [7, 11) is 0. The topological polar surface area (TPSA) is 69.2 Å². The first-order valence-corrected chi connectivity index (χ1v) is 6.78. The number of amides is 1. The van der Waals surface area contributed by atoms with Crippen LogP contribution < -0.4 is 14.9 Å². The highest BCUT2D eigenvalue weighted by molar-refractivity contribution is 5.99. The molecule has 1 aromatic rings. The summed E-state index contributed by atoms with van der Waals surface area (Å²) >= 11 is 0. The second kappa shape index (κ2) is 6.03. The molecule has 0 radical (unpaired) electrons. The monoisotopic (exact) mass is 292 g/mol. The van der Waals surface area contributed by atoms with E-state index in [9.17, 15) is 4.79 Å². The van der Waals surface area contributed by atoms with Crippen LogP contribution in [0.25, 0.3) is 0 Å². The van der Waals surface area contributed by atoms with Gasteiger partial charge in [-0.25, -0.2) is 10.2 Å². The zero-order valence-electron chi connectivity index (χ0n) is 12.7. The third-order valence-electron chi connectivity index (χ3n) is 2.67. The number of hydrazone groups is 1. The summed E-state index contributed by atoms with van der Waals surface area (Å²) in [4.78, 5) is 11.5. The van der Waals surface area contributed by atoms with Gasteiger partial charge in [0.2, 0.25) is 0 Å². The van der Waals surface area contributed by atoms with Crippen LogP contribution in [0.2, 0.25) is 0 Å². The maximum Gasteiger partial charge on any atom is 0.428 e. The summed E-state index contributed by atoms with van der Waals surface area (Å²) in [5, 5.41) is 4.02. The van der Waals surface area contributed by atoms with E-state index in [1.807, 2.05) is 18.2 Å². The van der Waals surface area contributed by atoms with Crippen molar-refractivity contribution in [3.05, 3.63) is 23.8 Å². The van der Waals surface area contributed by atoms with Crippen LogP contribution in [0.5, 0.6) is 11.5 Å². The van der Waals surface area contributed by atoms with E-state index >= 15 is 0 Å². The minimum atomic E-state index is -0.584. The third-order valence-corrected chi connectivity index (χ3v) is 2.67. The lowest BCUT2D eigenvalue weighted by Crippen LogP contribution is -2.30. The van der Waals surface area contributed by atoms with Crippen molar-refractivity contribution >= 4 is 11.8 Å². The lowest BCUT2D eigenvalue weighted by molar-refractivity contribution is 0.0529. The normalized spacial score (nSPS) is 14.6. The van der Waals surface area contributed by atoms with Gasteiger partial charge in [0.1, 0.15) is 18.8 Å². The average molecular weight is 292 g/mol. The minimum absolute atomic E-state index is 0.531. The van der Waals surface area contributed by atoms with Crippen LogP contribution in [0.1, 0.15) is 33.3 Å². The predicted octanol–water partition coefficient (Wildman–Crippen LogP) is 2.71. The maximum atomic E-state index is 11.5. The summed E-state index contributed by atoms with van der Waals surface area (Å²) < 4.78 is 16.1. The molecule has 0 fully saturated rings. The number of carbonyl (C=O) groups excluding carboxylic acids is 1. The standard InChI is InChI=1S/C15H20N2O4/c1-10(16-17-14(18)21-15(2,3)4)11-5-6-12-13(9-11)20-8-7-19-12/h5-6,9H,7-8H2,1-4H3,(H,17,18). The van der Waals surface area contributed by atoms with E-state index in [0.717, 1.165) is 11.3 Å². The Balaban J connectivity index is 2.04. The van der Waals surface area contributed by atoms with Crippen molar-refractivity contribution in [1.82, 2.24) is 5.43 Å². The second-order valence-corrected chi connectivity index (χ2v) is 5.67. The van der Waals surface area contributed by atoms with Crippen LogP contribution in [0.15, 0.2) is 23.3 Å². The van der Waals surface area contributed by atoms with E-state index in [2.05, 4.69) is 10.5 Å². The van der Waals surface area contributed by atoms with Gasteiger partial charge in [0.05, 0.1) is 5.71 Å². The first-order chi connectivity index (χ1) is 9.85. The summed E-state index contributed by atoms with van der Waals surface area (Å²) in [6.45, 7) is 8.27. The van der Waals surface area contributed by atoms with Gasteiger partial charge in [-0.15, -0.1) is 0 Å². The number of nitrogens with zero attached hydrogens (tertiary/aromatic N) is 1. The number of ether oxygens (including phenoxy) is 3. The van der Waals surface area contributed by atoms with Gasteiger partial charge in [0.15, 0.2) is 11.5 Å². The van der Waals surface area contributed by atoms with Crippen molar-refractivity contribution in [3.8, 4) is 11.5 Å². The number of rotatable bonds is 2. The van der Waals surface area contributed by atoms with Gasteiger partial charge in [-0.3, -0.25) is 0 Å². The van der Waals surface area contributed by atoms with Crippen molar-refractivity contribution in [3.63, 3.8) is 0 Å². The minimum Gasteiger partial charge on any atom is -0.486 e. The van der Waals surface area contributed by atoms with Crippen LogP contribution in [0, 0.1) is 0 Å². The van der Waals surface area contributed by atoms with Gasteiger partial charge in [-0.2, -0.15) is 5.10 Å². The van der Waals surface area contributed by atoms with Crippen LogP contribution in [-0.2, 0) is 4.74 Å². The van der Waals surface area contributed by atoms with E-state index in [-0.39, 0.29) is 0 Å². The Labute approximate surface area is 124 Å². The number of fused-ring (bicyclic) bond motifs is 1. The van der Waals surface area contributed by atoms with Gasteiger partial charge in [-0.1, -0.05) is 0 Å². The Kier molecular flexibility index (Phi) is 4.35. The fourth-order valence-corrected chi connectivity index (χ4v) is 1.76. The Morgan fingerprint density at radius 3 is 2.57 bits per heavy atom. The molecule has 0 unspecified atom stereocenters. The summed E-state index contributed by atoms with van der Waals surface area (Å²) in [5.41, 5.74) is 3.31. The summed E-state index contributed by atoms with van der Waals surface area (Å²) in [6.07, 6.45) is -0.584. The fourth-order valence-electron chi connectivity index (χ4n) is 1.76. The van der Waals surface area contributed by atoms with Crippen molar-refractivity contribution in [1.29, 1.82) is 0 Å².